The highest BCUT2D eigenvalue weighted by atomic mass is 16.2. The highest BCUT2D eigenvalue weighted by Crippen LogP contribution is 2.31. The summed E-state index contributed by atoms with van der Waals surface area (Å²) in [5.41, 5.74) is 4.29. The SMILES string of the molecule is CCC1Nc2cc(C)cc(C)c2NC1=O. The van der Waals surface area contributed by atoms with Crippen LogP contribution in [0.4, 0.5) is 11.4 Å². The molecular formula is C12H16N2O. The standard InChI is InChI=1S/C12H16N2O/c1-4-9-12(15)14-11-8(3)5-7(2)6-10(11)13-9/h5-6,9,13H,4H2,1-3H3,(H,14,15). The molecule has 80 valence electrons. The Morgan fingerprint density at radius 1 is 1.33 bits per heavy atom. The normalized spacial score (nSPS) is 19.1. The smallest absolute Gasteiger partial charge is 0.246 e. The molecule has 1 amide bonds. The van der Waals surface area contributed by atoms with Gasteiger partial charge < -0.3 is 10.6 Å². The molecule has 1 aromatic carbocycles. The molecule has 2 N–H and O–H groups in total. The number of rotatable bonds is 1. The molecule has 0 aromatic heterocycles. The molecule has 15 heavy (non-hydrogen) atoms. The van der Waals surface area contributed by atoms with Gasteiger partial charge in [-0.1, -0.05) is 13.0 Å². The highest BCUT2D eigenvalue weighted by molar-refractivity contribution is 6.03. The van der Waals surface area contributed by atoms with Crippen molar-refractivity contribution in [2.75, 3.05) is 10.6 Å². The third-order valence-corrected chi connectivity index (χ3v) is 2.78. The Kier molecular flexibility index (Phi) is 2.39. The number of carbonyl (C=O) groups excluding carboxylic acids is 1. The van der Waals surface area contributed by atoms with Gasteiger partial charge in [0.2, 0.25) is 5.91 Å². The zero-order chi connectivity index (χ0) is 11.0. The molecule has 0 saturated carbocycles. The van der Waals surface area contributed by atoms with Crippen LogP contribution in [-0.4, -0.2) is 11.9 Å². The third-order valence-electron chi connectivity index (χ3n) is 2.78. The number of carbonyl (C=O) groups is 1. The number of nitrogens with one attached hydrogen (secondary N) is 2. The van der Waals surface area contributed by atoms with Crippen molar-refractivity contribution >= 4 is 17.3 Å². The van der Waals surface area contributed by atoms with E-state index in [9.17, 15) is 4.79 Å². The third kappa shape index (κ3) is 1.69. The maximum atomic E-state index is 11.7. The van der Waals surface area contributed by atoms with Crippen molar-refractivity contribution in [2.24, 2.45) is 0 Å². The summed E-state index contributed by atoms with van der Waals surface area (Å²) in [7, 11) is 0. The number of fused-ring (bicyclic) bond motifs is 1. The van der Waals surface area contributed by atoms with Crippen LogP contribution in [0, 0.1) is 13.8 Å². The van der Waals surface area contributed by atoms with Crippen molar-refractivity contribution in [1.82, 2.24) is 0 Å². The zero-order valence-corrected chi connectivity index (χ0v) is 9.35. The van der Waals surface area contributed by atoms with Gasteiger partial charge in [0.25, 0.3) is 0 Å². The lowest BCUT2D eigenvalue weighted by Crippen LogP contribution is -2.38. The lowest BCUT2D eigenvalue weighted by Gasteiger charge is -2.27. The second-order valence-corrected chi connectivity index (χ2v) is 4.10. The van der Waals surface area contributed by atoms with E-state index in [0.29, 0.717) is 0 Å². The van der Waals surface area contributed by atoms with E-state index in [2.05, 4.69) is 29.7 Å². The number of amides is 1. The summed E-state index contributed by atoms with van der Waals surface area (Å²) in [4.78, 5) is 11.7. The summed E-state index contributed by atoms with van der Waals surface area (Å²) in [6.45, 7) is 6.08. The Labute approximate surface area is 89.9 Å². The fraction of sp³-hybridized carbons (Fsp3) is 0.417. The average molecular weight is 204 g/mol. The van der Waals surface area contributed by atoms with E-state index in [0.717, 1.165) is 23.4 Å². The van der Waals surface area contributed by atoms with Gasteiger partial charge in [0, 0.05) is 0 Å². The number of aryl methyl sites for hydroxylation is 2. The average Bonchev–Trinajstić information content (AvgIpc) is 2.18. The van der Waals surface area contributed by atoms with Crippen LogP contribution in [0.15, 0.2) is 12.1 Å². The molecule has 3 nitrogen and oxygen atoms in total. The summed E-state index contributed by atoms with van der Waals surface area (Å²) in [6, 6.07) is 4.05. The van der Waals surface area contributed by atoms with Crippen LogP contribution >= 0.6 is 0 Å². The Morgan fingerprint density at radius 2 is 2.07 bits per heavy atom. The van der Waals surface area contributed by atoms with Crippen molar-refractivity contribution in [3.8, 4) is 0 Å². The van der Waals surface area contributed by atoms with Gasteiger partial charge in [0.1, 0.15) is 6.04 Å². The minimum atomic E-state index is -0.0984. The minimum absolute atomic E-state index is 0.0666. The largest absolute Gasteiger partial charge is 0.372 e. The topological polar surface area (TPSA) is 41.1 Å². The Morgan fingerprint density at radius 3 is 2.73 bits per heavy atom. The zero-order valence-electron chi connectivity index (χ0n) is 9.35. The number of hydrogen-bond acceptors (Lipinski definition) is 2. The molecule has 1 unspecified atom stereocenters. The van der Waals surface area contributed by atoms with Crippen LogP contribution in [0.25, 0.3) is 0 Å². The van der Waals surface area contributed by atoms with Gasteiger partial charge >= 0.3 is 0 Å². The molecule has 0 spiro atoms. The first-order valence-corrected chi connectivity index (χ1v) is 5.30. The Bertz CT molecular complexity index is 412. The summed E-state index contributed by atoms with van der Waals surface area (Å²) in [5.74, 6) is 0.0666. The predicted octanol–water partition coefficient (Wildman–Crippen LogP) is 2.45. The van der Waals surface area contributed by atoms with Crippen molar-refractivity contribution in [3.63, 3.8) is 0 Å². The molecule has 0 saturated heterocycles. The molecule has 1 heterocycles. The van der Waals surface area contributed by atoms with Crippen LogP contribution < -0.4 is 10.6 Å². The van der Waals surface area contributed by atoms with Gasteiger partial charge in [-0.15, -0.1) is 0 Å². The quantitative estimate of drug-likeness (QED) is 0.737. The van der Waals surface area contributed by atoms with Gasteiger partial charge in [-0.05, 0) is 37.5 Å². The first kappa shape index (κ1) is 10.0. The summed E-state index contributed by atoms with van der Waals surface area (Å²) in [5, 5.41) is 6.22. The Hall–Kier alpha value is -1.51. The van der Waals surface area contributed by atoms with Crippen LogP contribution in [0.1, 0.15) is 24.5 Å². The summed E-state index contributed by atoms with van der Waals surface area (Å²) >= 11 is 0. The lowest BCUT2D eigenvalue weighted by molar-refractivity contribution is -0.117. The Balaban J connectivity index is 2.45. The molecule has 2 rings (SSSR count). The monoisotopic (exact) mass is 204 g/mol. The van der Waals surface area contributed by atoms with E-state index in [1.165, 1.54) is 5.56 Å². The molecular weight excluding hydrogens is 188 g/mol. The van der Waals surface area contributed by atoms with E-state index >= 15 is 0 Å². The van der Waals surface area contributed by atoms with E-state index < -0.39 is 0 Å². The van der Waals surface area contributed by atoms with Gasteiger partial charge in [-0.25, -0.2) is 0 Å². The summed E-state index contributed by atoms with van der Waals surface area (Å²) in [6.07, 6.45) is 0.804. The second-order valence-electron chi connectivity index (χ2n) is 4.10. The summed E-state index contributed by atoms with van der Waals surface area (Å²) < 4.78 is 0. The van der Waals surface area contributed by atoms with Crippen LogP contribution in [0.2, 0.25) is 0 Å². The molecule has 1 aromatic rings. The van der Waals surface area contributed by atoms with Crippen molar-refractivity contribution < 1.29 is 4.79 Å². The van der Waals surface area contributed by atoms with Crippen LogP contribution in [0.3, 0.4) is 0 Å². The minimum Gasteiger partial charge on any atom is -0.372 e. The van der Waals surface area contributed by atoms with Gasteiger partial charge in [-0.2, -0.15) is 0 Å². The molecule has 0 aliphatic carbocycles. The van der Waals surface area contributed by atoms with Crippen molar-refractivity contribution in [3.05, 3.63) is 23.3 Å². The molecule has 1 aliphatic rings. The molecule has 0 fully saturated rings. The van der Waals surface area contributed by atoms with Crippen molar-refractivity contribution in [2.45, 2.75) is 33.2 Å². The van der Waals surface area contributed by atoms with E-state index in [1.54, 1.807) is 0 Å². The lowest BCUT2D eigenvalue weighted by atomic mass is 10.0. The maximum absolute atomic E-state index is 11.7. The van der Waals surface area contributed by atoms with E-state index in [1.807, 2.05) is 13.8 Å². The van der Waals surface area contributed by atoms with E-state index in [-0.39, 0.29) is 11.9 Å². The number of anilines is 2. The van der Waals surface area contributed by atoms with Crippen LogP contribution in [-0.2, 0) is 4.79 Å². The molecule has 0 bridgehead atoms. The van der Waals surface area contributed by atoms with Crippen molar-refractivity contribution in [1.29, 1.82) is 0 Å². The first-order chi connectivity index (χ1) is 7.11. The first-order valence-electron chi connectivity index (χ1n) is 5.30. The molecule has 0 radical (unpaired) electrons. The molecule has 1 aliphatic heterocycles. The van der Waals surface area contributed by atoms with E-state index in [4.69, 9.17) is 0 Å². The maximum Gasteiger partial charge on any atom is 0.246 e. The van der Waals surface area contributed by atoms with Gasteiger partial charge in [0.15, 0.2) is 0 Å². The molecule has 1 atom stereocenters. The fourth-order valence-corrected chi connectivity index (χ4v) is 2.00. The fourth-order valence-electron chi connectivity index (χ4n) is 2.00. The predicted molar refractivity (Wildman–Crippen MR) is 62.2 cm³/mol. The highest BCUT2D eigenvalue weighted by Gasteiger charge is 2.24. The van der Waals surface area contributed by atoms with Crippen LogP contribution in [0.5, 0.6) is 0 Å². The van der Waals surface area contributed by atoms with Gasteiger partial charge in [0.05, 0.1) is 11.4 Å². The number of benzene rings is 1. The number of hydrogen-bond donors (Lipinski definition) is 2. The van der Waals surface area contributed by atoms with Gasteiger partial charge in [-0.3, -0.25) is 4.79 Å². The molecule has 3 heteroatoms. The second kappa shape index (κ2) is 3.57.